The molecule has 0 unspecified atom stereocenters. The van der Waals surface area contributed by atoms with E-state index in [9.17, 15) is 18.8 Å². The predicted octanol–water partition coefficient (Wildman–Crippen LogP) is 2.49. The molecule has 2 aromatic rings. The number of fused-ring (bicyclic) bond motifs is 1. The summed E-state index contributed by atoms with van der Waals surface area (Å²) in [6.45, 7) is 2.44. The number of rotatable bonds is 5. The van der Waals surface area contributed by atoms with E-state index in [2.05, 4.69) is 4.90 Å². The molecular formula is C23H24FN3O4. The van der Waals surface area contributed by atoms with Crippen LogP contribution in [0.25, 0.3) is 0 Å². The Kier molecular flexibility index (Phi) is 5.88. The SMILES string of the molecule is CN1C(=O)COc2ccc(C(=O)CCC(=O)N3CCN(c4ccc(F)cc4)CC3)cc21. The highest BCUT2D eigenvalue weighted by molar-refractivity contribution is 6.02. The first-order valence-corrected chi connectivity index (χ1v) is 10.3. The second kappa shape index (κ2) is 8.75. The molecule has 0 aliphatic carbocycles. The molecule has 31 heavy (non-hydrogen) atoms. The van der Waals surface area contributed by atoms with Gasteiger partial charge in [0.15, 0.2) is 12.4 Å². The largest absolute Gasteiger partial charge is 0.482 e. The lowest BCUT2D eigenvalue weighted by Gasteiger charge is -2.36. The van der Waals surface area contributed by atoms with Gasteiger partial charge < -0.3 is 19.4 Å². The molecule has 0 bridgehead atoms. The number of Topliss-reactive ketones (excluding diaryl/α,β-unsaturated/α-hetero) is 1. The second-order valence-corrected chi connectivity index (χ2v) is 7.69. The summed E-state index contributed by atoms with van der Waals surface area (Å²) >= 11 is 0. The van der Waals surface area contributed by atoms with Crippen molar-refractivity contribution >= 4 is 29.0 Å². The van der Waals surface area contributed by atoms with Crippen molar-refractivity contribution in [2.75, 3.05) is 49.6 Å². The standard InChI is InChI=1S/C23H24FN3O4/c1-25-19-14-16(2-8-21(19)31-15-23(25)30)20(28)7-9-22(29)27-12-10-26(11-13-27)18-5-3-17(24)4-6-18/h2-6,8,14H,7,9-13,15H2,1H3. The van der Waals surface area contributed by atoms with E-state index in [1.54, 1.807) is 42.3 Å². The number of hydrogen-bond donors (Lipinski definition) is 0. The van der Waals surface area contributed by atoms with E-state index >= 15 is 0 Å². The zero-order valence-corrected chi connectivity index (χ0v) is 17.3. The lowest BCUT2D eigenvalue weighted by molar-refractivity contribution is -0.131. The molecule has 7 nitrogen and oxygen atoms in total. The summed E-state index contributed by atoms with van der Waals surface area (Å²) in [4.78, 5) is 42.4. The van der Waals surface area contributed by atoms with Crippen LogP contribution in [0.4, 0.5) is 15.8 Å². The van der Waals surface area contributed by atoms with Crippen LogP contribution in [0.3, 0.4) is 0 Å². The third-order valence-corrected chi connectivity index (χ3v) is 5.76. The maximum Gasteiger partial charge on any atom is 0.264 e. The van der Waals surface area contributed by atoms with Crippen molar-refractivity contribution in [2.24, 2.45) is 0 Å². The third kappa shape index (κ3) is 4.52. The molecule has 0 saturated carbocycles. The minimum atomic E-state index is -0.271. The maximum atomic E-state index is 13.1. The van der Waals surface area contributed by atoms with Gasteiger partial charge in [0.05, 0.1) is 5.69 Å². The summed E-state index contributed by atoms with van der Waals surface area (Å²) in [5.41, 5.74) is 1.95. The normalized spacial score (nSPS) is 16.1. The van der Waals surface area contributed by atoms with Crippen molar-refractivity contribution in [3.05, 3.63) is 53.8 Å². The van der Waals surface area contributed by atoms with Gasteiger partial charge in [0.1, 0.15) is 11.6 Å². The minimum absolute atomic E-state index is 0.0142. The highest BCUT2D eigenvalue weighted by Crippen LogP contribution is 2.32. The smallest absolute Gasteiger partial charge is 0.264 e. The summed E-state index contributed by atoms with van der Waals surface area (Å²) in [6, 6.07) is 11.3. The van der Waals surface area contributed by atoms with Gasteiger partial charge in [-0.15, -0.1) is 0 Å². The van der Waals surface area contributed by atoms with Crippen LogP contribution in [0.15, 0.2) is 42.5 Å². The number of carbonyl (C=O) groups excluding carboxylic acids is 3. The average molecular weight is 425 g/mol. The van der Waals surface area contributed by atoms with E-state index in [1.807, 2.05) is 0 Å². The first-order chi connectivity index (χ1) is 14.9. The molecule has 1 saturated heterocycles. The fourth-order valence-corrected chi connectivity index (χ4v) is 3.83. The molecule has 2 aliphatic rings. The van der Waals surface area contributed by atoms with Gasteiger partial charge in [0.25, 0.3) is 5.91 Å². The zero-order chi connectivity index (χ0) is 22.0. The lowest BCUT2D eigenvalue weighted by Crippen LogP contribution is -2.48. The summed E-state index contributed by atoms with van der Waals surface area (Å²) in [6.07, 6.45) is 0.242. The fourth-order valence-electron chi connectivity index (χ4n) is 3.83. The molecular weight excluding hydrogens is 401 g/mol. The van der Waals surface area contributed by atoms with Crippen LogP contribution in [0.1, 0.15) is 23.2 Å². The van der Waals surface area contributed by atoms with Crippen LogP contribution >= 0.6 is 0 Å². The number of amides is 2. The Morgan fingerprint density at radius 1 is 1.00 bits per heavy atom. The van der Waals surface area contributed by atoms with Crippen molar-refractivity contribution in [3.63, 3.8) is 0 Å². The molecule has 0 spiro atoms. The van der Waals surface area contributed by atoms with Gasteiger partial charge in [-0.2, -0.15) is 0 Å². The van der Waals surface area contributed by atoms with Crippen molar-refractivity contribution in [2.45, 2.75) is 12.8 Å². The van der Waals surface area contributed by atoms with E-state index < -0.39 is 0 Å². The number of halogens is 1. The Labute approximate surface area is 180 Å². The number of ketones is 1. The molecule has 0 N–H and O–H groups in total. The molecule has 2 aliphatic heterocycles. The van der Waals surface area contributed by atoms with Gasteiger partial charge in [-0.3, -0.25) is 14.4 Å². The number of piperazine rings is 1. The minimum Gasteiger partial charge on any atom is -0.482 e. The van der Waals surface area contributed by atoms with Crippen molar-refractivity contribution in [1.29, 1.82) is 0 Å². The van der Waals surface area contributed by atoms with E-state index in [-0.39, 0.29) is 42.9 Å². The second-order valence-electron chi connectivity index (χ2n) is 7.69. The number of likely N-dealkylation sites (N-methyl/N-ethyl adjacent to an activating group) is 1. The average Bonchev–Trinajstić information content (AvgIpc) is 2.80. The monoisotopic (exact) mass is 425 g/mol. The number of nitrogens with zero attached hydrogens (tertiary/aromatic N) is 3. The van der Waals surface area contributed by atoms with Crippen molar-refractivity contribution < 1.29 is 23.5 Å². The van der Waals surface area contributed by atoms with Gasteiger partial charge in [0, 0.05) is 57.3 Å². The van der Waals surface area contributed by atoms with Crippen LogP contribution < -0.4 is 14.5 Å². The Hall–Kier alpha value is -3.42. The Balaban J connectivity index is 1.30. The van der Waals surface area contributed by atoms with Crippen molar-refractivity contribution in [1.82, 2.24) is 4.90 Å². The Morgan fingerprint density at radius 2 is 1.71 bits per heavy atom. The number of carbonyl (C=O) groups is 3. The van der Waals surface area contributed by atoms with Crippen LogP contribution in [-0.4, -0.2) is 62.3 Å². The van der Waals surface area contributed by atoms with E-state index in [1.165, 1.54) is 17.0 Å². The first-order valence-electron chi connectivity index (χ1n) is 10.3. The van der Waals surface area contributed by atoms with Crippen molar-refractivity contribution in [3.8, 4) is 5.75 Å². The molecule has 2 aromatic carbocycles. The zero-order valence-electron chi connectivity index (χ0n) is 17.3. The highest BCUT2D eigenvalue weighted by Gasteiger charge is 2.25. The number of anilines is 2. The molecule has 0 aromatic heterocycles. The summed E-state index contributed by atoms with van der Waals surface area (Å²) in [5.74, 6) is -0.0825. The fraction of sp³-hybridized carbons (Fsp3) is 0.348. The Bertz CT molecular complexity index is 1000. The van der Waals surface area contributed by atoms with E-state index in [0.717, 1.165) is 5.69 Å². The lowest BCUT2D eigenvalue weighted by atomic mass is 10.0. The summed E-state index contributed by atoms with van der Waals surface area (Å²) in [7, 11) is 1.65. The van der Waals surface area contributed by atoms with E-state index in [0.29, 0.717) is 43.2 Å². The maximum absolute atomic E-state index is 13.1. The molecule has 8 heteroatoms. The molecule has 2 heterocycles. The van der Waals surface area contributed by atoms with Crippen LogP contribution in [-0.2, 0) is 9.59 Å². The number of hydrogen-bond acceptors (Lipinski definition) is 5. The van der Waals surface area contributed by atoms with Crippen LogP contribution in [0.2, 0.25) is 0 Å². The molecule has 0 atom stereocenters. The summed E-state index contributed by atoms with van der Waals surface area (Å²) in [5, 5.41) is 0. The molecule has 0 radical (unpaired) electrons. The quantitative estimate of drug-likeness (QED) is 0.689. The number of ether oxygens (including phenoxy) is 1. The summed E-state index contributed by atoms with van der Waals surface area (Å²) < 4.78 is 18.5. The predicted molar refractivity (Wildman–Crippen MR) is 114 cm³/mol. The van der Waals surface area contributed by atoms with Gasteiger partial charge >= 0.3 is 0 Å². The molecule has 4 rings (SSSR count). The topological polar surface area (TPSA) is 70.2 Å². The van der Waals surface area contributed by atoms with Gasteiger partial charge in [-0.1, -0.05) is 0 Å². The molecule has 1 fully saturated rings. The van der Waals surface area contributed by atoms with Gasteiger partial charge in [-0.25, -0.2) is 4.39 Å². The van der Waals surface area contributed by atoms with Gasteiger partial charge in [-0.05, 0) is 42.5 Å². The van der Waals surface area contributed by atoms with Gasteiger partial charge in [0.2, 0.25) is 5.91 Å². The first kappa shape index (κ1) is 20.8. The van der Waals surface area contributed by atoms with Crippen LogP contribution in [0, 0.1) is 5.82 Å². The number of benzene rings is 2. The van der Waals surface area contributed by atoms with Crippen LogP contribution in [0.5, 0.6) is 5.75 Å². The van der Waals surface area contributed by atoms with E-state index in [4.69, 9.17) is 4.74 Å². The Morgan fingerprint density at radius 3 is 2.42 bits per heavy atom. The third-order valence-electron chi connectivity index (χ3n) is 5.76. The highest BCUT2D eigenvalue weighted by atomic mass is 19.1. The molecule has 162 valence electrons. The molecule has 2 amide bonds.